The van der Waals surface area contributed by atoms with Crippen molar-refractivity contribution in [1.29, 1.82) is 0 Å². The van der Waals surface area contributed by atoms with Gasteiger partial charge in [0.2, 0.25) is 0 Å². The number of anilines is 1. The number of aryl methyl sites for hydroxylation is 1. The number of nitrogens with one attached hydrogen (secondary N) is 1. The lowest BCUT2D eigenvalue weighted by atomic mass is 9.92. The Kier molecular flexibility index (Phi) is 4.22. The average Bonchev–Trinajstić information content (AvgIpc) is 2.83. The van der Waals surface area contributed by atoms with Crippen molar-refractivity contribution in [1.82, 2.24) is 9.78 Å². The monoisotopic (exact) mass is 319 g/mol. The number of carbonyl (C=O) groups excluding carboxylic acids is 1. The summed E-state index contributed by atoms with van der Waals surface area (Å²) in [5.41, 5.74) is 0.459. The molecular formula is C16H18FN3O3. The van der Waals surface area contributed by atoms with Gasteiger partial charge in [0, 0.05) is 12.5 Å². The number of benzene rings is 1. The van der Waals surface area contributed by atoms with E-state index in [1.807, 2.05) is 20.8 Å². The van der Waals surface area contributed by atoms with Crippen LogP contribution in [0.3, 0.4) is 0 Å². The molecule has 1 amide bonds. The molecule has 2 rings (SSSR count). The topological polar surface area (TPSA) is 84.2 Å². The van der Waals surface area contributed by atoms with E-state index in [9.17, 15) is 14.0 Å². The van der Waals surface area contributed by atoms with Crippen molar-refractivity contribution in [2.24, 2.45) is 7.05 Å². The lowest BCUT2D eigenvalue weighted by Gasteiger charge is -2.13. The number of aromatic carboxylic acids is 1. The van der Waals surface area contributed by atoms with Crippen LogP contribution in [-0.4, -0.2) is 26.8 Å². The minimum Gasteiger partial charge on any atom is -0.478 e. The Morgan fingerprint density at radius 1 is 1.26 bits per heavy atom. The van der Waals surface area contributed by atoms with Crippen molar-refractivity contribution < 1.29 is 19.1 Å². The maximum atomic E-state index is 13.8. The van der Waals surface area contributed by atoms with E-state index in [1.54, 1.807) is 13.1 Å². The minimum absolute atomic E-state index is 0.109. The summed E-state index contributed by atoms with van der Waals surface area (Å²) in [6.07, 6.45) is 0. The molecular weight excluding hydrogens is 301 g/mol. The van der Waals surface area contributed by atoms with E-state index in [2.05, 4.69) is 10.4 Å². The van der Waals surface area contributed by atoms with Gasteiger partial charge in [-0.1, -0.05) is 20.8 Å². The SMILES string of the molecule is Cn1nc(C(C)(C)C)cc1C(=O)Nc1cc(C(=O)O)ccc1F. The van der Waals surface area contributed by atoms with E-state index >= 15 is 0 Å². The molecule has 0 bridgehead atoms. The Hall–Kier alpha value is -2.70. The van der Waals surface area contributed by atoms with Gasteiger partial charge in [0.1, 0.15) is 11.5 Å². The molecule has 0 atom stereocenters. The Morgan fingerprint density at radius 3 is 2.43 bits per heavy atom. The van der Waals surface area contributed by atoms with Crippen molar-refractivity contribution in [3.05, 3.63) is 47.0 Å². The first kappa shape index (κ1) is 16.7. The van der Waals surface area contributed by atoms with Gasteiger partial charge in [0.25, 0.3) is 5.91 Å². The van der Waals surface area contributed by atoms with E-state index in [4.69, 9.17) is 5.11 Å². The first-order valence-corrected chi connectivity index (χ1v) is 6.98. The first-order chi connectivity index (χ1) is 10.6. The van der Waals surface area contributed by atoms with Crippen LogP contribution in [0, 0.1) is 5.82 Å². The maximum absolute atomic E-state index is 13.8. The molecule has 6 nitrogen and oxygen atoms in total. The van der Waals surface area contributed by atoms with E-state index in [-0.39, 0.29) is 22.4 Å². The molecule has 0 unspecified atom stereocenters. The number of nitrogens with zero attached hydrogens (tertiary/aromatic N) is 2. The van der Waals surface area contributed by atoms with Gasteiger partial charge in [-0.15, -0.1) is 0 Å². The summed E-state index contributed by atoms with van der Waals surface area (Å²) in [4.78, 5) is 23.3. The van der Waals surface area contributed by atoms with Gasteiger partial charge in [0.15, 0.2) is 0 Å². The third-order valence-corrected chi connectivity index (χ3v) is 3.34. The molecule has 0 fully saturated rings. The minimum atomic E-state index is -1.20. The third kappa shape index (κ3) is 3.56. The van der Waals surface area contributed by atoms with E-state index in [0.717, 1.165) is 23.9 Å². The molecule has 7 heteroatoms. The number of carboxylic acids is 1. The van der Waals surface area contributed by atoms with Crippen LogP contribution in [0.2, 0.25) is 0 Å². The smallest absolute Gasteiger partial charge is 0.335 e. The second-order valence-corrected chi connectivity index (χ2v) is 6.24. The number of carboxylic acid groups (broad SMARTS) is 1. The molecule has 0 aliphatic carbocycles. The largest absolute Gasteiger partial charge is 0.478 e. The third-order valence-electron chi connectivity index (χ3n) is 3.34. The predicted octanol–water partition coefficient (Wildman–Crippen LogP) is 2.81. The number of carbonyl (C=O) groups is 2. The van der Waals surface area contributed by atoms with Crippen molar-refractivity contribution in [2.75, 3.05) is 5.32 Å². The molecule has 1 aromatic heterocycles. The second kappa shape index (κ2) is 5.83. The highest BCUT2D eigenvalue weighted by Gasteiger charge is 2.22. The van der Waals surface area contributed by atoms with Crippen molar-refractivity contribution in [3.8, 4) is 0 Å². The number of rotatable bonds is 3. The van der Waals surface area contributed by atoms with Gasteiger partial charge < -0.3 is 10.4 Å². The molecule has 0 spiro atoms. The van der Waals surface area contributed by atoms with Crippen LogP contribution in [0.4, 0.5) is 10.1 Å². The maximum Gasteiger partial charge on any atom is 0.335 e. The zero-order valence-corrected chi connectivity index (χ0v) is 13.3. The van der Waals surface area contributed by atoms with Crippen LogP contribution in [0.1, 0.15) is 47.3 Å². The van der Waals surface area contributed by atoms with Crippen molar-refractivity contribution in [3.63, 3.8) is 0 Å². The van der Waals surface area contributed by atoms with E-state index < -0.39 is 17.7 Å². The highest BCUT2D eigenvalue weighted by atomic mass is 19.1. The fourth-order valence-electron chi connectivity index (χ4n) is 1.99. The van der Waals surface area contributed by atoms with Crippen LogP contribution >= 0.6 is 0 Å². The van der Waals surface area contributed by atoms with E-state index in [1.165, 1.54) is 4.68 Å². The fourth-order valence-corrected chi connectivity index (χ4v) is 1.99. The van der Waals surface area contributed by atoms with Crippen LogP contribution < -0.4 is 5.32 Å². The highest BCUT2D eigenvalue weighted by Crippen LogP contribution is 2.22. The van der Waals surface area contributed by atoms with Crippen LogP contribution in [0.5, 0.6) is 0 Å². The zero-order chi connectivity index (χ0) is 17.4. The van der Waals surface area contributed by atoms with E-state index in [0.29, 0.717) is 0 Å². The molecule has 0 saturated heterocycles. The van der Waals surface area contributed by atoms with Gasteiger partial charge in [-0.3, -0.25) is 9.48 Å². The van der Waals surface area contributed by atoms with Crippen LogP contribution in [0.25, 0.3) is 0 Å². The molecule has 2 aromatic rings. The average molecular weight is 319 g/mol. The molecule has 1 aromatic carbocycles. The molecule has 2 N–H and O–H groups in total. The van der Waals surface area contributed by atoms with Crippen molar-refractivity contribution in [2.45, 2.75) is 26.2 Å². The van der Waals surface area contributed by atoms with Gasteiger partial charge >= 0.3 is 5.97 Å². The lowest BCUT2D eigenvalue weighted by Crippen LogP contribution is -2.17. The Bertz CT molecular complexity index is 775. The quantitative estimate of drug-likeness (QED) is 0.911. The summed E-state index contributed by atoms with van der Waals surface area (Å²) in [6, 6.07) is 4.85. The zero-order valence-electron chi connectivity index (χ0n) is 13.3. The Morgan fingerprint density at radius 2 is 1.91 bits per heavy atom. The lowest BCUT2D eigenvalue weighted by molar-refractivity contribution is 0.0696. The second-order valence-electron chi connectivity index (χ2n) is 6.24. The van der Waals surface area contributed by atoms with Gasteiger partial charge in [-0.05, 0) is 24.3 Å². The number of halogens is 1. The summed E-state index contributed by atoms with van der Waals surface area (Å²) in [7, 11) is 1.62. The van der Waals surface area contributed by atoms with Gasteiger partial charge in [-0.2, -0.15) is 5.10 Å². The molecule has 122 valence electrons. The molecule has 23 heavy (non-hydrogen) atoms. The summed E-state index contributed by atoms with van der Waals surface area (Å²) in [5.74, 6) is -2.46. The fraction of sp³-hybridized carbons (Fsp3) is 0.312. The molecule has 0 aliphatic heterocycles. The van der Waals surface area contributed by atoms with Crippen LogP contribution in [-0.2, 0) is 12.5 Å². The number of hydrogen-bond acceptors (Lipinski definition) is 3. The normalized spacial score (nSPS) is 11.3. The van der Waals surface area contributed by atoms with Crippen molar-refractivity contribution >= 4 is 17.6 Å². The van der Waals surface area contributed by atoms with Gasteiger partial charge in [0.05, 0.1) is 16.9 Å². The summed E-state index contributed by atoms with van der Waals surface area (Å²) < 4.78 is 15.2. The molecule has 0 radical (unpaired) electrons. The van der Waals surface area contributed by atoms with Gasteiger partial charge in [-0.25, -0.2) is 9.18 Å². The number of aromatic nitrogens is 2. The highest BCUT2D eigenvalue weighted by molar-refractivity contribution is 6.03. The number of amides is 1. The molecule has 0 saturated carbocycles. The predicted molar refractivity (Wildman–Crippen MR) is 83.2 cm³/mol. The first-order valence-electron chi connectivity index (χ1n) is 6.98. The summed E-state index contributed by atoms with van der Waals surface area (Å²) in [5, 5.41) is 15.6. The summed E-state index contributed by atoms with van der Waals surface area (Å²) in [6.45, 7) is 5.90. The number of hydrogen-bond donors (Lipinski definition) is 2. The standard InChI is InChI=1S/C16H18FN3O3/c1-16(2,3)13-8-12(20(4)19-13)14(21)18-11-7-9(15(22)23)5-6-10(11)17/h5-8H,1-4H3,(H,18,21)(H,22,23). The molecule has 0 aliphatic rings. The Labute approximate surface area is 132 Å². The Balaban J connectivity index is 2.31. The summed E-state index contributed by atoms with van der Waals surface area (Å²) >= 11 is 0. The molecule has 1 heterocycles. The van der Waals surface area contributed by atoms with Crippen LogP contribution in [0.15, 0.2) is 24.3 Å².